The van der Waals surface area contributed by atoms with Gasteiger partial charge in [-0.25, -0.2) is 8.78 Å². The van der Waals surface area contributed by atoms with Crippen LogP contribution in [0.3, 0.4) is 0 Å². The summed E-state index contributed by atoms with van der Waals surface area (Å²) in [5, 5.41) is 0. The largest absolute Gasteiger partial charge is 0.497 e. The first-order valence-electron chi connectivity index (χ1n) is 11.3. The Morgan fingerprint density at radius 1 is 0.903 bits per heavy atom. The van der Waals surface area contributed by atoms with Gasteiger partial charge < -0.3 is 4.74 Å². The molecule has 2 aromatic rings. The first kappa shape index (κ1) is 21.6. The van der Waals surface area contributed by atoms with Crippen molar-refractivity contribution in [2.24, 2.45) is 17.8 Å². The van der Waals surface area contributed by atoms with Crippen LogP contribution in [0.1, 0.15) is 68.1 Å². The molecule has 2 aromatic carbocycles. The fourth-order valence-corrected chi connectivity index (χ4v) is 5.45. The standard InChI is InChI=1S/C28H30F2O/c1-3-4-19-6-9-23-17-24(11-10-22(23)15-19)26-14-7-20(16-28(26)30)5-8-21-12-13-25(31-2)18-27(21)29/h3-4,7,12-14,16,18-19,22-24H,6,9-11,15,17H2,1-2H3/b4-3+. The molecule has 0 N–H and O–H groups in total. The smallest absolute Gasteiger partial charge is 0.142 e. The maximum atomic E-state index is 15.0. The summed E-state index contributed by atoms with van der Waals surface area (Å²) in [6.07, 6.45) is 11.7. The summed E-state index contributed by atoms with van der Waals surface area (Å²) < 4.78 is 34.0. The van der Waals surface area contributed by atoms with E-state index in [1.807, 2.05) is 12.1 Å². The van der Waals surface area contributed by atoms with E-state index in [1.165, 1.54) is 44.9 Å². The van der Waals surface area contributed by atoms with E-state index in [1.54, 1.807) is 12.1 Å². The average molecular weight is 421 g/mol. The van der Waals surface area contributed by atoms with Crippen molar-refractivity contribution in [3.05, 3.63) is 76.9 Å². The van der Waals surface area contributed by atoms with Crippen LogP contribution < -0.4 is 4.74 Å². The summed E-state index contributed by atoms with van der Waals surface area (Å²) in [6.45, 7) is 2.10. The van der Waals surface area contributed by atoms with Gasteiger partial charge in [-0.05, 0) is 98.9 Å². The van der Waals surface area contributed by atoms with Crippen LogP contribution >= 0.6 is 0 Å². The van der Waals surface area contributed by atoms with Crippen LogP contribution in [0, 0.1) is 41.2 Å². The summed E-state index contributed by atoms with van der Waals surface area (Å²) in [6, 6.07) is 9.80. The van der Waals surface area contributed by atoms with E-state index in [2.05, 4.69) is 30.9 Å². The maximum absolute atomic E-state index is 15.0. The highest BCUT2D eigenvalue weighted by Gasteiger charge is 2.35. The molecule has 2 fully saturated rings. The number of fused-ring (bicyclic) bond motifs is 1. The highest BCUT2D eigenvalue weighted by atomic mass is 19.1. The molecular formula is C28H30F2O. The van der Waals surface area contributed by atoms with Crippen LogP contribution in [0.4, 0.5) is 8.78 Å². The molecule has 4 atom stereocenters. The minimum Gasteiger partial charge on any atom is -0.497 e. The van der Waals surface area contributed by atoms with Gasteiger partial charge in [0.05, 0.1) is 12.7 Å². The van der Waals surface area contributed by atoms with Crippen molar-refractivity contribution in [3.8, 4) is 17.6 Å². The number of halogens is 2. The Morgan fingerprint density at radius 2 is 1.71 bits per heavy atom. The molecule has 31 heavy (non-hydrogen) atoms. The van der Waals surface area contributed by atoms with E-state index < -0.39 is 5.82 Å². The second kappa shape index (κ2) is 9.69. The Hall–Kier alpha value is -2.60. The summed E-state index contributed by atoms with van der Waals surface area (Å²) in [5.74, 6) is 8.05. The highest BCUT2D eigenvalue weighted by molar-refractivity contribution is 5.46. The van der Waals surface area contributed by atoms with Crippen LogP contribution in [0.5, 0.6) is 5.75 Å². The van der Waals surface area contributed by atoms with Gasteiger partial charge in [-0.1, -0.05) is 30.1 Å². The third-order valence-corrected chi connectivity index (χ3v) is 7.08. The zero-order valence-electron chi connectivity index (χ0n) is 18.3. The number of allylic oxidation sites excluding steroid dienone is 2. The van der Waals surface area contributed by atoms with Crippen molar-refractivity contribution >= 4 is 0 Å². The molecule has 0 heterocycles. The number of ether oxygens (including phenoxy) is 1. The fraction of sp³-hybridized carbons (Fsp3) is 0.429. The van der Waals surface area contributed by atoms with Gasteiger partial charge in [0.15, 0.2) is 0 Å². The van der Waals surface area contributed by atoms with Crippen LogP contribution in [-0.2, 0) is 0 Å². The number of hydrogen-bond donors (Lipinski definition) is 0. The molecule has 2 aliphatic carbocycles. The molecule has 0 aliphatic heterocycles. The first-order chi connectivity index (χ1) is 15.1. The monoisotopic (exact) mass is 420 g/mol. The molecule has 162 valence electrons. The summed E-state index contributed by atoms with van der Waals surface area (Å²) in [5.41, 5.74) is 1.66. The lowest BCUT2D eigenvalue weighted by Gasteiger charge is -2.41. The van der Waals surface area contributed by atoms with Gasteiger partial charge in [0, 0.05) is 11.6 Å². The molecule has 2 aliphatic rings. The van der Waals surface area contributed by atoms with Gasteiger partial charge >= 0.3 is 0 Å². The molecule has 4 rings (SSSR count). The Kier molecular flexibility index (Phi) is 6.76. The van der Waals surface area contributed by atoms with Gasteiger partial charge in [-0.15, -0.1) is 0 Å². The zero-order valence-corrected chi connectivity index (χ0v) is 18.3. The van der Waals surface area contributed by atoms with Crippen molar-refractivity contribution in [2.45, 2.75) is 51.4 Å². The van der Waals surface area contributed by atoms with Crippen molar-refractivity contribution < 1.29 is 13.5 Å². The zero-order chi connectivity index (χ0) is 21.8. The van der Waals surface area contributed by atoms with E-state index in [-0.39, 0.29) is 11.4 Å². The SMILES string of the molecule is C/C=C/C1CCC2CC(c3ccc(C#Cc4ccc(OC)cc4F)cc3F)CCC2C1. The lowest BCUT2D eigenvalue weighted by atomic mass is 9.64. The van der Waals surface area contributed by atoms with E-state index >= 15 is 0 Å². The van der Waals surface area contributed by atoms with Gasteiger partial charge in [0.2, 0.25) is 0 Å². The van der Waals surface area contributed by atoms with Crippen LogP contribution in [0.2, 0.25) is 0 Å². The number of methoxy groups -OCH3 is 1. The number of benzene rings is 2. The van der Waals surface area contributed by atoms with E-state index in [4.69, 9.17) is 4.74 Å². The molecular weight excluding hydrogens is 390 g/mol. The lowest BCUT2D eigenvalue weighted by molar-refractivity contribution is 0.132. The number of hydrogen-bond acceptors (Lipinski definition) is 1. The highest BCUT2D eigenvalue weighted by Crippen LogP contribution is 2.48. The topological polar surface area (TPSA) is 9.23 Å². The van der Waals surface area contributed by atoms with Crippen LogP contribution in [0.25, 0.3) is 0 Å². The fourth-order valence-electron chi connectivity index (χ4n) is 5.45. The van der Waals surface area contributed by atoms with Gasteiger partial charge in [-0.3, -0.25) is 0 Å². The third kappa shape index (κ3) is 5.01. The quantitative estimate of drug-likeness (QED) is 0.375. The third-order valence-electron chi connectivity index (χ3n) is 7.08. The van der Waals surface area contributed by atoms with Gasteiger partial charge in [-0.2, -0.15) is 0 Å². The maximum Gasteiger partial charge on any atom is 0.142 e. The number of rotatable bonds is 3. The second-order valence-corrected chi connectivity index (χ2v) is 8.96. The molecule has 3 heteroatoms. The molecule has 0 aromatic heterocycles. The second-order valence-electron chi connectivity index (χ2n) is 8.96. The Bertz CT molecular complexity index is 1010. The van der Waals surface area contributed by atoms with Crippen molar-refractivity contribution in [2.75, 3.05) is 7.11 Å². The Morgan fingerprint density at radius 3 is 2.45 bits per heavy atom. The van der Waals surface area contributed by atoms with Gasteiger partial charge in [0.25, 0.3) is 0 Å². The molecule has 0 bridgehead atoms. The average Bonchev–Trinajstić information content (AvgIpc) is 2.78. The molecule has 2 saturated carbocycles. The van der Waals surface area contributed by atoms with E-state index in [0.717, 1.165) is 36.2 Å². The summed E-state index contributed by atoms with van der Waals surface area (Å²) >= 11 is 0. The predicted molar refractivity (Wildman–Crippen MR) is 121 cm³/mol. The molecule has 0 spiro atoms. The molecule has 4 unspecified atom stereocenters. The predicted octanol–water partition coefficient (Wildman–Crippen LogP) is 7.25. The van der Waals surface area contributed by atoms with Crippen molar-refractivity contribution in [1.82, 2.24) is 0 Å². The van der Waals surface area contributed by atoms with E-state index in [9.17, 15) is 8.78 Å². The molecule has 0 amide bonds. The van der Waals surface area contributed by atoms with Crippen molar-refractivity contribution in [1.29, 1.82) is 0 Å². The van der Waals surface area contributed by atoms with Crippen LogP contribution in [0.15, 0.2) is 48.6 Å². The summed E-state index contributed by atoms with van der Waals surface area (Å²) in [7, 11) is 1.49. The normalized spacial score (nSPS) is 25.5. The van der Waals surface area contributed by atoms with Gasteiger partial charge in [0.1, 0.15) is 17.4 Å². The Labute approximate surface area is 184 Å². The lowest BCUT2D eigenvalue weighted by Crippen LogP contribution is -2.30. The van der Waals surface area contributed by atoms with E-state index in [0.29, 0.717) is 17.2 Å². The molecule has 0 saturated heterocycles. The van der Waals surface area contributed by atoms with Crippen LogP contribution in [-0.4, -0.2) is 7.11 Å². The summed E-state index contributed by atoms with van der Waals surface area (Å²) in [4.78, 5) is 0. The first-order valence-corrected chi connectivity index (χ1v) is 11.3. The Balaban J connectivity index is 1.44. The van der Waals surface area contributed by atoms with Crippen molar-refractivity contribution in [3.63, 3.8) is 0 Å². The minimum atomic E-state index is -0.440. The minimum absolute atomic E-state index is 0.187. The molecule has 1 nitrogen and oxygen atoms in total. The molecule has 0 radical (unpaired) electrons.